The molecule has 0 spiro atoms. The van der Waals surface area contributed by atoms with Crippen LogP contribution in [-0.4, -0.2) is 36.3 Å². The highest BCUT2D eigenvalue weighted by molar-refractivity contribution is 7.98. The molecule has 3 heteroatoms. The Kier molecular flexibility index (Phi) is 5.83. The first-order valence-corrected chi connectivity index (χ1v) is 6.60. The Balaban J connectivity index is 1.74. The minimum atomic E-state index is 0.00305. The van der Waals surface area contributed by atoms with Crippen LogP contribution in [0.3, 0.4) is 0 Å². The van der Waals surface area contributed by atoms with Gasteiger partial charge in [0.15, 0.2) is 0 Å². The third kappa shape index (κ3) is 4.89. The molecule has 2 nitrogen and oxygen atoms in total. The Morgan fingerprint density at radius 1 is 1.38 bits per heavy atom. The summed E-state index contributed by atoms with van der Waals surface area (Å²) in [5.74, 6) is 2.03. The van der Waals surface area contributed by atoms with Crippen LogP contribution < -0.4 is 5.32 Å². The van der Waals surface area contributed by atoms with Crippen LogP contribution in [0.5, 0.6) is 0 Å². The van der Waals surface area contributed by atoms with Crippen LogP contribution in [0.1, 0.15) is 25.7 Å². The van der Waals surface area contributed by atoms with Gasteiger partial charge in [0.25, 0.3) is 0 Å². The smallest absolute Gasteiger partial charge is 0.0546 e. The number of thioether (sulfide) groups is 1. The van der Waals surface area contributed by atoms with Crippen LogP contribution in [0, 0.1) is 5.92 Å². The van der Waals surface area contributed by atoms with Gasteiger partial charge < -0.3 is 10.4 Å². The molecule has 0 aromatic rings. The van der Waals surface area contributed by atoms with Crippen LogP contribution in [0.2, 0.25) is 0 Å². The molecular formula is C10H21NOS. The average Bonchev–Trinajstić information content (AvgIpc) is 2.07. The van der Waals surface area contributed by atoms with Gasteiger partial charge in [-0.3, -0.25) is 0 Å². The van der Waals surface area contributed by atoms with Gasteiger partial charge in [-0.25, -0.2) is 0 Å². The highest BCUT2D eigenvalue weighted by Crippen LogP contribution is 2.25. The van der Waals surface area contributed by atoms with E-state index in [0.717, 1.165) is 31.8 Å². The molecule has 13 heavy (non-hydrogen) atoms. The second-order valence-electron chi connectivity index (χ2n) is 3.90. The normalized spacial score (nSPS) is 27.2. The fraction of sp³-hybridized carbons (Fsp3) is 1.00. The molecule has 0 radical (unpaired) electrons. The molecule has 0 saturated heterocycles. The number of hydrogen-bond donors (Lipinski definition) is 2. The molecule has 1 saturated carbocycles. The van der Waals surface area contributed by atoms with Gasteiger partial charge in [-0.2, -0.15) is 11.8 Å². The number of rotatable bonds is 7. The molecule has 0 aromatic heterocycles. The SMILES string of the molecule is CSCCCCNCC1CC(O)C1. The predicted octanol–water partition coefficient (Wildman–Crippen LogP) is 1.49. The second-order valence-corrected chi connectivity index (χ2v) is 4.88. The molecule has 1 rings (SSSR count). The molecule has 78 valence electrons. The predicted molar refractivity (Wildman–Crippen MR) is 59.2 cm³/mol. The van der Waals surface area contributed by atoms with Crippen molar-refractivity contribution >= 4 is 11.8 Å². The van der Waals surface area contributed by atoms with Crippen LogP contribution in [0.25, 0.3) is 0 Å². The van der Waals surface area contributed by atoms with Crippen molar-refractivity contribution in [3.8, 4) is 0 Å². The summed E-state index contributed by atoms with van der Waals surface area (Å²) < 4.78 is 0. The summed E-state index contributed by atoms with van der Waals surface area (Å²) in [6.07, 6.45) is 6.79. The van der Waals surface area contributed by atoms with Crippen molar-refractivity contribution < 1.29 is 5.11 Å². The van der Waals surface area contributed by atoms with E-state index >= 15 is 0 Å². The quantitative estimate of drug-likeness (QED) is 0.615. The van der Waals surface area contributed by atoms with E-state index in [1.165, 1.54) is 18.6 Å². The van der Waals surface area contributed by atoms with Crippen LogP contribution in [0.4, 0.5) is 0 Å². The van der Waals surface area contributed by atoms with Crippen LogP contribution >= 0.6 is 11.8 Å². The van der Waals surface area contributed by atoms with Gasteiger partial charge in [-0.15, -0.1) is 0 Å². The standard InChI is InChI=1S/C10H21NOS/c1-13-5-3-2-4-11-8-9-6-10(12)7-9/h9-12H,2-8H2,1H3. The lowest BCUT2D eigenvalue weighted by molar-refractivity contribution is 0.0431. The van der Waals surface area contributed by atoms with Crippen LogP contribution in [-0.2, 0) is 0 Å². The first-order chi connectivity index (χ1) is 6.33. The van der Waals surface area contributed by atoms with Crippen molar-refractivity contribution in [1.82, 2.24) is 5.32 Å². The summed E-state index contributed by atoms with van der Waals surface area (Å²) in [6, 6.07) is 0. The van der Waals surface area contributed by atoms with Gasteiger partial charge in [-0.05, 0) is 56.7 Å². The number of nitrogens with one attached hydrogen (secondary N) is 1. The Morgan fingerprint density at radius 3 is 2.77 bits per heavy atom. The van der Waals surface area contributed by atoms with E-state index in [0.29, 0.717) is 0 Å². The first-order valence-electron chi connectivity index (χ1n) is 5.20. The second kappa shape index (κ2) is 6.68. The minimum Gasteiger partial charge on any atom is -0.393 e. The van der Waals surface area contributed by atoms with Crippen molar-refractivity contribution in [1.29, 1.82) is 0 Å². The van der Waals surface area contributed by atoms with E-state index in [-0.39, 0.29) is 6.10 Å². The maximum absolute atomic E-state index is 9.06. The summed E-state index contributed by atoms with van der Waals surface area (Å²) in [6.45, 7) is 2.25. The molecule has 2 N–H and O–H groups in total. The number of aliphatic hydroxyl groups excluding tert-OH is 1. The molecule has 0 aromatic carbocycles. The number of hydrogen-bond acceptors (Lipinski definition) is 3. The third-order valence-electron chi connectivity index (χ3n) is 2.60. The van der Waals surface area contributed by atoms with Gasteiger partial charge in [0.05, 0.1) is 6.10 Å². The molecule has 0 amide bonds. The average molecular weight is 203 g/mol. The molecule has 0 unspecified atom stereocenters. The zero-order chi connectivity index (χ0) is 9.52. The van der Waals surface area contributed by atoms with Crippen molar-refractivity contribution in [3.05, 3.63) is 0 Å². The van der Waals surface area contributed by atoms with Gasteiger partial charge in [-0.1, -0.05) is 0 Å². The minimum absolute atomic E-state index is 0.00305. The zero-order valence-electron chi connectivity index (χ0n) is 8.46. The fourth-order valence-electron chi connectivity index (χ4n) is 1.67. The molecule has 0 aliphatic heterocycles. The monoisotopic (exact) mass is 203 g/mol. The third-order valence-corrected chi connectivity index (χ3v) is 3.29. The van der Waals surface area contributed by atoms with E-state index in [9.17, 15) is 0 Å². The van der Waals surface area contributed by atoms with E-state index < -0.39 is 0 Å². The van der Waals surface area contributed by atoms with Gasteiger partial charge in [0, 0.05) is 0 Å². The van der Waals surface area contributed by atoms with Gasteiger partial charge in [0.2, 0.25) is 0 Å². The van der Waals surface area contributed by atoms with Crippen molar-refractivity contribution in [2.75, 3.05) is 25.1 Å². The van der Waals surface area contributed by atoms with E-state index in [4.69, 9.17) is 5.11 Å². The Bertz CT molecular complexity index is 126. The van der Waals surface area contributed by atoms with Crippen molar-refractivity contribution in [2.24, 2.45) is 5.92 Å². The molecule has 1 aliphatic carbocycles. The lowest BCUT2D eigenvalue weighted by Crippen LogP contribution is -2.36. The molecule has 0 atom stereocenters. The van der Waals surface area contributed by atoms with E-state index in [1.54, 1.807) is 0 Å². The topological polar surface area (TPSA) is 32.3 Å². The van der Waals surface area contributed by atoms with Crippen LogP contribution in [0.15, 0.2) is 0 Å². The molecular weight excluding hydrogens is 182 g/mol. The van der Waals surface area contributed by atoms with Crippen molar-refractivity contribution in [3.63, 3.8) is 0 Å². The van der Waals surface area contributed by atoms with E-state index in [2.05, 4.69) is 11.6 Å². The number of unbranched alkanes of at least 4 members (excludes halogenated alkanes) is 1. The number of aliphatic hydroxyl groups is 1. The molecule has 1 fully saturated rings. The Hall–Kier alpha value is 0.270. The largest absolute Gasteiger partial charge is 0.393 e. The zero-order valence-corrected chi connectivity index (χ0v) is 9.28. The maximum Gasteiger partial charge on any atom is 0.0546 e. The molecule has 0 bridgehead atoms. The van der Waals surface area contributed by atoms with Gasteiger partial charge in [0.1, 0.15) is 0 Å². The lowest BCUT2D eigenvalue weighted by Gasteiger charge is -2.31. The van der Waals surface area contributed by atoms with Gasteiger partial charge >= 0.3 is 0 Å². The van der Waals surface area contributed by atoms with Crippen molar-refractivity contribution in [2.45, 2.75) is 31.8 Å². The fourth-order valence-corrected chi connectivity index (χ4v) is 2.16. The molecule has 0 heterocycles. The maximum atomic E-state index is 9.06. The lowest BCUT2D eigenvalue weighted by atomic mass is 9.82. The summed E-state index contributed by atoms with van der Waals surface area (Å²) in [5, 5.41) is 12.5. The summed E-state index contributed by atoms with van der Waals surface area (Å²) in [4.78, 5) is 0. The first kappa shape index (κ1) is 11.3. The Morgan fingerprint density at radius 2 is 2.15 bits per heavy atom. The molecule has 1 aliphatic rings. The highest BCUT2D eigenvalue weighted by Gasteiger charge is 2.26. The highest BCUT2D eigenvalue weighted by atomic mass is 32.2. The Labute approximate surface area is 85.5 Å². The summed E-state index contributed by atoms with van der Waals surface area (Å²) >= 11 is 1.92. The summed E-state index contributed by atoms with van der Waals surface area (Å²) in [5.41, 5.74) is 0. The van der Waals surface area contributed by atoms with E-state index in [1.807, 2.05) is 11.8 Å². The summed E-state index contributed by atoms with van der Waals surface area (Å²) in [7, 11) is 0.